The van der Waals surface area contributed by atoms with Gasteiger partial charge in [-0.15, -0.1) is 0 Å². The summed E-state index contributed by atoms with van der Waals surface area (Å²) in [6.07, 6.45) is 1.09. The molecule has 1 atom stereocenters. The van der Waals surface area contributed by atoms with Gasteiger partial charge in [0.15, 0.2) is 6.10 Å². The smallest absolute Gasteiger partial charge is 0.343 e. The third-order valence-electron chi connectivity index (χ3n) is 2.79. The fourth-order valence-corrected chi connectivity index (χ4v) is 2.04. The molecule has 4 nitrogen and oxygen atoms in total. The van der Waals surface area contributed by atoms with Gasteiger partial charge in [-0.1, -0.05) is 12.1 Å². The van der Waals surface area contributed by atoms with Crippen LogP contribution in [0.15, 0.2) is 41.0 Å². The molecule has 1 aromatic carbocycles. The molecule has 2 aromatic rings. The average molecular weight is 230 g/mol. The summed E-state index contributed by atoms with van der Waals surface area (Å²) < 4.78 is 15.7. The first kappa shape index (κ1) is 9.96. The van der Waals surface area contributed by atoms with Crippen LogP contribution in [0.2, 0.25) is 0 Å². The molecule has 4 heteroatoms. The van der Waals surface area contributed by atoms with Crippen molar-refractivity contribution in [1.29, 1.82) is 0 Å². The largest absolute Gasteiger partial charge is 0.496 e. The highest BCUT2D eigenvalue weighted by Crippen LogP contribution is 2.39. The van der Waals surface area contributed by atoms with Gasteiger partial charge >= 0.3 is 5.97 Å². The summed E-state index contributed by atoms with van der Waals surface area (Å²) in [5.74, 6) is 0.769. The molecule has 3 rings (SSSR count). The Kier molecular flexibility index (Phi) is 2.14. The van der Waals surface area contributed by atoms with Gasteiger partial charge in [0.2, 0.25) is 0 Å². The van der Waals surface area contributed by atoms with Crippen molar-refractivity contribution in [3.05, 3.63) is 53.5 Å². The Bertz CT molecular complexity index is 557. The molecule has 0 aliphatic carbocycles. The summed E-state index contributed by atoms with van der Waals surface area (Å²) in [6, 6.07) is 8.96. The van der Waals surface area contributed by atoms with E-state index in [1.165, 1.54) is 7.11 Å². The van der Waals surface area contributed by atoms with Crippen molar-refractivity contribution in [1.82, 2.24) is 0 Å². The van der Waals surface area contributed by atoms with Crippen LogP contribution in [-0.4, -0.2) is 13.1 Å². The van der Waals surface area contributed by atoms with Gasteiger partial charge in [-0.3, -0.25) is 0 Å². The number of fused-ring (bicyclic) bond motifs is 1. The third-order valence-corrected chi connectivity index (χ3v) is 2.79. The zero-order chi connectivity index (χ0) is 11.8. The monoisotopic (exact) mass is 230 g/mol. The van der Waals surface area contributed by atoms with Crippen molar-refractivity contribution in [3.8, 4) is 5.75 Å². The van der Waals surface area contributed by atoms with Crippen molar-refractivity contribution in [2.75, 3.05) is 7.11 Å². The maximum atomic E-state index is 11.8. The SMILES string of the molecule is COc1cccc2c1C(=O)OC2c1ccco1. The summed E-state index contributed by atoms with van der Waals surface area (Å²) in [4.78, 5) is 11.8. The Morgan fingerprint density at radius 2 is 2.12 bits per heavy atom. The minimum Gasteiger partial charge on any atom is -0.496 e. The number of rotatable bonds is 2. The van der Waals surface area contributed by atoms with Crippen molar-refractivity contribution in [2.24, 2.45) is 0 Å². The Balaban J connectivity index is 2.14. The van der Waals surface area contributed by atoms with Gasteiger partial charge in [-0.2, -0.15) is 0 Å². The molecule has 1 aromatic heterocycles. The molecule has 0 N–H and O–H groups in total. The molecule has 0 radical (unpaired) electrons. The Labute approximate surface area is 97.8 Å². The molecule has 1 aliphatic heterocycles. The van der Waals surface area contributed by atoms with E-state index in [9.17, 15) is 4.79 Å². The number of methoxy groups -OCH3 is 1. The minimum absolute atomic E-state index is 0.376. The van der Waals surface area contributed by atoms with Crippen LogP contribution in [0.1, 0.15) is 27.8 Å². The second-order valence-electron chi connectivity index (χ2n) is 3.73. The molecule has 0 saturated carbocycles. The van der Waals surface area contributed by atoms with E-state index in [0.29, 0.717) is 17.1 Å². The van der Waals surface area contributed by atoms with Gasteiger partial charge in [-0.05, 0) is 18.2 Å². The molecule has 0 saturated heterocycles. The van der Waals surface area contributed by atoms with E-state index in [-0.39, 0.29) is 5.97 Å². The topological polar surface area (TPSA) is 48.7 Å². The lowest BCUT2D eigenvalue weighted by Gasteiger charge is -2.07. The summed E-state index contributed by atoms with van der Waals surface area (Å²) in [5.41, 5.74) is 1.26. The number of esters is 1. The summed E-state index contributed by atoms with van der Waals surface area (Å²) >= 11 is 0. The highest BCUT2D eigenvalue weighted by atomic mass is 16.6. The van der Waals surface area contributed by atoms with E-state index in [0.717, 1.165) is 5.56 Å². The number of hydrogen-bond donors (Lipinski definition) is 0. The van der Waals surface area contributed by atoms with Crippen LogP contribution >= 0.6 is 0 Å². The van der Waals surface area contributed by atoms with Crippen LogP contribution in [0.5, 0.6) is 5.75 Å². The van der Waals surface area contributed by atoms with Crippen LogP contribution in [0.4, 0.5) is 0 Å². The van der Waals surface area contributed by atoms with E-state index >= 15 is 0 Å². The number of cyclic esters (lactones) is 1. The second-order valence-corrected chi connectivity index (χ2v) is 3.73. The molecular weight excluding hydrogens is 220 g/mol. The van der Waals surface area contributed by atoms with Crippen molar-refractivity contribution < 1.29 is 18.7 Å². The normalized spacial score (nSPS) is 17.7. The summed E-state index contributed by atoms with van der Waals surface area (Å²) in [7, 11) is 1.53. The van der Waals surface area contributed by atoms with Gasteiger partial charge in [0, 0.05) is 5.56 Å². The van der Waals surface area contributed by atoms with Crippen molar-refractivity contribution >= 4 is 5.97 Å². The molecule has 1 unspecified atom stereocenters. The van der Waals surface area contributed by atoms with Gasteiger partial charge in [0.05, 0.1) is 13.4 Å². The summed E-state index contributed by atoms with van der Waals surface area (Å²) in [5, 5.41) is 0. The number of benzene rings is 1. The first-order valence-corrected chi connectivity index (χ1v) is 5.22. The molecule has 1 aliphatic rings. The highest BCUT2D eigenvalue weighted by Gasteiger charge is 2.36. The number of furan rings is 1. The molecule has 0 fully saturated rings. The standard InChI is InChI=1S/C13H10O4/c1-15-9-5-2-4-8-11(9)13(14)17-12(8)10-6-3-7-16-10/h2-7,12H,1H3. The lowest BCUT2D eigenvalue weighted by atomic mass is 10.0. The van der Waals surface area contributed by atoms with E-state index in [2.05, 4.69) is 0 Å². The first-order chi connectivity index (χ1) is 8.31. The Morgan fingerprint density at radius 3 is 2.82 bits per heavy atom. The number of hydrogen-bond acceptors (Lipinski definition) is 4. The lowest BCUT2D eigenvalue weighted by molar-refractivity contribution is 0.0419. The molecular formula is C13H10O4. The van der Waals surface area contributed by atoms with Gasteiger partial charge < -0.3 is 13.9 Å². The Morgan fingerprint density at radius 1 is 1.24 bits per heavy atom. The van der Waals surface area contributed by atoms with Gasteiger partial charge in [-0.25, -0.2) is 4.79 Å². The van der Waals surface area contributed by atoms with E-state index in [1.807, 2.05) is 12.1 Å². The van der Waals surface area contributed by atoms with Crippen LogP contribution in [-0.2, 0) is 4.74 Å². The van der Waals surface area contributed by atoms with Gasteiger partial charge in [0.25, 0.3) is 0 Å². The Hall–Kier alpha value is -2.23. The summed E-state index contributed by atoms with van der Waals surface area (Å²) in [6.45, 7) is 0. The fourth-order valence-electron chi connectivity index (χ4n) is 2.04. The van der Waals surface area contributed by atoms with Crippen LogP contribution in [0, 0.1) is 0 Å². The predicted octanol–water partition coefficient (Wildman–Crippen LogP) is 2.55. The molecule has 2 heterocycles. The zero-order valence-corrected chi connectivity index (χ0v) is 9.17. The third kappa shape index (κ3) is 1.41. The predicted molar refractivity (Wildman–Crippen MR) is 59.0 cm³/mol. The highest BCUT2D eigenvalue weighted by molar-refractivity contribution is 5.97. The molecule has 0 spiro atoms. The number of carbonyl (C=O) groups excluding carboxylic acids is 1. The van der Waals surface area contributed by atoms with Crippen LogP contribution < -0.4 is 4.74 Å². The molecule has 17 heavy (non-hydrogen) atoms. The molecule has 0 bridgehead atoms. The van der Waals surface area contributed by atoms with Crippen molar-refractivity contribution in [3.63, 3.8) is 0 Å². The zero-order valence-electron chi connectivity index (χ0n) is 9.17. The van der Waals surface area contributed by atoms with Crippen LogP contribution in [0.25, 0.3) is 0 Å². The number of ether oxygens (including phenoxy) is 2. The van der Waals surface area contributed by atoms with Crippen molar-refractivity contribution in [2.45, 2.75) is 6.10 Å². The minimum atomic E-state index is -0.470. The van der Waals surface area contributed by atoms with E-state index < -0.39 is 6.10 Å². The molecule has 0 amide bonds. The maximum absolute atomic E-state index is 11.8. The first-order valence-electron chi connectivity index (χ1n) is 5.22. The lowest BCUT2D eigenvalue weighted by Crippen LogP contribution is -1.99. The van der Waals surface area contributed by atoms with E-state index in [1.54, 1.807) is 24.5 Å². The second kappa shape index (κ2) is 3.66. The molecule has 86 valence electrons. The van der Waals surface area contributed by atoms with Gasteiger partial charge in [0.1, 0.15) is 17.1 Å². The maximum Gasteiger partial charge on any atom is 0.343 e. The van der Waals surface area contributed by atoms with E-state index in [4.69, 9.17) is 13.9 Å². The van der Waals surface area contributed by atoms with Crippen LogP contribution in [0.3, 0.4) is 0 Å². The fraction of sp³-hybridized carbons (Fsp3) is 0.154. The quantitative estimate of drug-likeness (QED) is 0.744. The number of carbonyl (C=O) groups is 1. The average Bonchev–Trinajstić information content (AvgIpc) is 2.97.